The van der Waals surface area contributed by atoms with Crippen molar-refractivity contribution in [2.75, 3.05) is 13.1 Å². The van der Waals surface area contributed by atoms with Gasteiger partial charge in [0.1, 0.15) is 5.54 Å². The predicted molar refractivity (Wildman–Crippen MR) is 62.3 cm³/mol. The Morgan fingerprint density at radius 2 is 2.27 bits per heavy atom. The fourth-order valence-electron chi connectivity index (χ4n) is 2.32. The normalized spacial score (nSPS) is 26.5. The zero-order valence-electron chi connectivity index (χ0n) is 10.2. The first kappa shape index (κ1) is 12.5. The molecule has 0 spiro atoms. The van der Waals surface area contributed by atoms with Gasteiger partial charge >= 0.3 is 0 Å². The van der Waals surface area contributed by atoms with Crippen molar-refractivity contribution in [2.24, 2.45) is 11.7 Å². The van der Waals surface area contributed by atoms with Gasteiger partial charge in [0.25, 0.3) is 0 Å². The van der Waals surface area contributed by atoms with Crippen molar-refractivity contribution >= 4 is 0 Å². The van der Waals surface area contributed by atoms with E-state index >= 15 is 0 Å². The largest absolute Gasteiger partial charge is 0.314 e. The van der Waals surface area contributed by atoms with Gasteiger partial charge in [-0.2, -0.15) is 5.26 Å². The molecule has 15 heavy (non-hydrogen) atoms. The molecule has 1 aliphatic heterocycles. The van der Waals surface area contributed by atoms with Gasteiger partial charge in [-0.3, -0.25) is 0 Å². The Balaban J connectivity index is 2.42. The van der Waals surface area contributed by atoms with Crippen molar-refractivity contribution in [1.82, 2.24) is 4.90 Å². The number of nitrogens with two attached hydrogens (primary N) is 1. The number of nitriles is 1. The van der Waals surface area contributed by atoms with E-state index in [1.54, 1.807) is 0 Å². The molecule has 2 atom stereocenters. The Bertz CT molecular complexity index is 240. The topological polar surface area (TPSA) is 53.0 Å². The Kier molecular flexibility index (Phi) is 4.12. The van der Waals surface area contributed by atoms with Crippen LogP contribution >= 0.6 is 0 Å². The second-order valence-electron chi connectivity index (χ2n) is 5.27. The third-order valence-electron chi connectivity index (χ3n) is 3.36. The molecular formula is C12H23N3. The van der Waals surface area contributed by atoms with Crippen LogP contribution in [-0.2, 0) is 0 Å². The average molecular weight is 209 g/mol. The molecule has 1 heterocycles. The molecule has 0 aromatic rings. The second kappa shape index (κ2) is 4.96. The van der Waals surface area contributed by atoms with E-state index in [-0.39, 0.29) is 0 Å². The lowest BCUT2D eigenvalue weighted by molar-refractivity contribution is 0.196. The van der Waals surface area contributed by atoms with Crippen LogP contribution in [0.4, 0.5) is 0 Å². The monoisotopic (exact) mass is 209 g/mol. The van der Waals surface area contributed by atoms with E-state index in [1.165, 1.54) is 19.4 Å². The van der Waals surface area contributed by atoms with E-state index in [0.29, 0.717) is 12.0 Å². The van der Waals surface area contributed by atoms with Gasteiger partial charge < -0.3 is 10.6 Å². The van der Waals surface area contributed by atoms with Crippen molar-refractivity contribution < 1.29 is 0 Å². The lowest BCUT2D eigenvalue weighted by Crippen LogP contribution is -2.41. The fourth-order valence-corrected chi connectivity index (χ4v) is 2.32. The Morgan fingerprint density at radius 1 is 1.60 bits per heavy atom. The highest BCUT2D eigenvalue weighted by Crippen LogP contribution is 2.24. The van der Waals surface area contributed by atoms with Crippen molar-refractivity contribution in [1.29, 1.82) is 5.26 Å². The molecule has 1 aliphatic rings. The summed E-state index contributed by atoms with van der Waals surface area (Å²) in [5.41, 5.74) is 5.17. The van der Waals surface area contributed by atoms with E-state index in [4.69, 9.17) is 11.0 Å². The summed E-state index contributed by atoms with van der Waals surface area (Å²) in [7, 11) is 0. The zero-order valence-corrected chi connectivity index (χ0v) is 10.2. The van der Waals surface area contributed by atoms with Gasteiger partial charge in [0.15, 0.2) is 0 Å². The predicted octanol–water partition coefficient (Wildman–Crippen LogP) is 1.74. The first-order chi connectivity index (χ1) is 6.96. The molecule has 0 radical (unpaired) electrons. The number of hydrogen-bond donors (Lipinski definition) is 1. The highest BCUT2D eigenvalue weighted by molar-refractivity contribution is 5.01. The molecule has 1 fully saturated rings. The quantitative estimate of drug-likeness (QED) is 0.767. The molecule has 3 nitrogen and oxygen atoms in total. The van der Waals surface area contributed by atoms with Crippen LogP contribution in [0.2, 0.25) is 0 Å². The van der Waals surface area contributed by atoms with Crippen LogP contribution < -0.4 is 5.73 Å². The third kappa shape index (κ3) is 3.48. The summed E-state index contributed by atoms with van der Waals surface area (Å²) in [5, 5.41) is 8.85. The number of nitrogens with zero attached hydrogens (tertiary/aromatic N) is 2. The van der Waals surface area contributed by atoms with E-state index in [2.05, 4.69) is 24.8 Å². The molecule has 0 saturated carbocycles. The first-order valence-corrected chi connectivity index (χ1v) is 5.90. The first-order valence-electron chi connectivity index (χ1n) is 5.90. The maximum absolute atomic E-state index is 8.85. The molecule has 1 saturated heterocycles. The number of hydrogen-bond acceptors (Lipinski definition) is 3. The van der Waals surface area contributed by atoms with E-state index < -0.39 is 5.54 Å². The standard InChI is InChI=1S/C12H23N3/c1-10(2)11-5-4-7-15(11)8-6-12(3,14)9-13/h10-11H,4-8,14H2,1-3H3. The van der Waals surface area contributed by atoms with Gasteiger partial charge in [-0.05, 0) is 38.6 Å². The van der Waals surface area contributed by atoms with Crippen molar-refractivity contribution in [2.45, 2.75) is 51.6 Å². The maximum atomic E-state index is 8.85. The Labute approximate surface area is 93.2 Å². The van der Waals surface area contributed by atoms with Gasteiger partial charge in [-0.15, -0.1) is 0 Å². The van der Waals surface area contributed by atoms with Crippen LogP contribution in [0.15, 0.2) is 0 Å². The fraction of sp³-hybridized carbons (Fsp3) is 0.917. The summed E-state index contributed by atoms with van der Waals surface area (Å²) in [4.78, 5) is 2.49. The minimum atomic E-state index is -0.663. The molecule has 2 N–H and O–H groups in total. The molecular weight excluding hydrogens is 186 g/mol. The number of likely N-dealkylation sites (tertiary alicyclic amines) is 1. The molecule has 0 amide bonds. The summed E-state index contributed by atoms with van der Waals surface area (Å²) in [6.45, 7) is 8.49. The van der Waals surface area contributed by atoms with E-state index in [0.717, 1.165) is 13.0 Å². The van der Waals surface area contributed by atoms with Crippen LogP contribution in [0.1, 0.15) is 40.0 Å². The van der Waals surface area contributed by atoms with Crippen LogP contribution in [0.5, 0.6) is 0 Å². The lowest BCUT2D eigenvalue weighted by atomic mass is 9.99. The minimum absolute atomic E-state index is 0.663. The lowest BCUT2D eigenvalue weighted by Gasteiger charge is -2.29. The highest BCUT2D eigenvalue weighted by Gasteiger charge is 2.28. The molecule has 0 aliphatic carbocycles. The summed E-state index contributed by atoms with van der Waals surface area (Å²) in [6.07, 6.45) is 3.36. The minimum Gasteiger partial charge on any atom is -0.314 e. The van der Waals surface area contributed by atoms with Crippen LogP contribution in [0.3, 0.4) is 0 Å². The molecule has 0 aromatic heterocycles. The van der Waals surface area contributed by atoms with Crippen molar-refractivity contribution in [3.8, 4) is 6.07 Å². The van der Waals surface area contributed by atoms with E-state index in [9.17, 15) is 0 Å². The molecule has 0 aromatic carbocycles. The average Bonchev–Trinajstić information content (AvgIpc) is 2.63. The molecule has 0 bridgehead atoms. The van der Waals surface area contributed by atoms with Gasteiger partial charge in [0, 0.05) is 12.6 Å². The SMILES string of the molecule is CC(C)C1CCCN1CCC(C)(N)C#N. The highest BCUT2D eigenvalue weighted by atomic mass is 15.2. The van der Waals surface area contributed by atoms with Crippen LogP contribution in [-0.4, -0.2) is 29.6 Å². The van der Waals surface area contributed by atoms with Crippen molar-refractivity contribution in [3.05, 3.63) is 0 Å². The Hall–Kier alpha value is -0.590. The summed E-state index contributed by atoms with van der Waals surface area (Å²) < 4.78 is 0. The number of rotatable bonds is 4. The zero-order chi connectivity index (χ0) is 11.5. The van der Waals surface area contributed by atoms with Gasteiger partial charge in [-0.1, -0.05) is 13.8 Å². The van der Waals surface area contributed by atoms with Crippen LogP contribution in [0, 0.1) is 17.2 Å². The summed E-state index contributed by atoms with van der Waals surface area (Å²) >= 11 is 0. The molecule has 86 valence electrons. The molecule has 2 unspecified atom stereocenters. The van der Waals surface area contributed by atoms with Gasteiger partial charge in [-0.25, -0.2) is 0 Å². The molecule has 3 heteroatoms. The third-order valence-corrected chi connectivity index (χ3v) is 3.36. The summed E-state index contributed by atoms with van der Waals surface area (Å²) in [5.74, 6) is 0.707. The van der Waals surface area contributed by atoms with Crippen LogP contribution in [0.25, 0.3) is 0 Å². The molecule has 1 rings (SSSR count). The second-order valence-corrected chi connectivity index (χ2v) is 5.27. The summed E-state index contributed by atoms with van der Waals surface area (Å²) in [6, 6.07) is 2.85. The smallest absolute Gasteiger partial charge is 0.102 e. The van der Waals surface area contributed by atoms with Gasteiger partial charge in [0.2, 0.25) is 0 Å². The maximum Gasteiger partial charge on any atom is 0.102 e. The van der Waals surface area contributed by atoms with Crippen molar-refractivity contribution in [3.63, 3.8) is 0 Å². The van der Waals surface area contributed by atoms with E-state index in [1.807, 2.05) is 6.92 Å². The Morgan fingerprint density at radius 3 is 2.80 bits per heavy atom. The van der Waals surface area contributed by atoms with Gasteiger partial charge in [0.05, 0.1) is 6.07 Å².